The Balaban J connectivity index is 2.33. The summed E-state index contributed by atoms with van der Waals surface area (Å²) in [5.41, 5.74) is 0.274. The fourth-order valence-electron chi connectivity index (χ4n) is 3.23. The zero-order chi connectivity index (χ0) is 28.5. The first-order valence-corrected chi connectivity index (χ1v) is 13.3. The third-order valence-electron chi connectivity index (χ3n) is 4.75. The molecule has 9 heteroatoms. The molecule has 0 saturated heterocycles. The minimum Gasteiger partial charge on any atom is -0.457 e. The molecule has 0 saturated carbocycles. The summed E-state index contributed by atoms with van der Waals surface area (Å²) in [6.07, 6.45) is 2.65. The van der Waals surface area contributed by atoms with Crippen molar-refractivity contribution in [3.05, 3.63) is 64.1 Å². The van der Waals surface area contributed by atoms with Gasteiger partial charge in [0.1, 0.15) is 22.7 Å². The number of hydrogen-bond acceptors (Lipinski definition) is 6. The Morgan fingerprint density at radius 1 is 0.895 bits per heavy atom. The summed E-state index contributed by atoms with van der Waals surface area (Å²) in [5.74, 6) is 1.11. The summed E-state index contributed by atoms with van der Waals surface area (Å²) in [6, 6.07) is 12.5. The molecule has 0 bridgehead atoms. The molecule has 2 aromatic carbocycles. The number of amides is 1. The van der Waals surface area contributed by atoms with Gasteiger partial charge in [0, 0.05) is 10.0 Å². The van der Waals surface area contributed by atoms with Crippen LogP contribution in [0.3, 0.4) is 0 Å². The molecule has 7 nitrogen and oxygen atoms in total. The second kappa shape index (κ2) is 13.8. The van der Waals surface area contributed by atoms with E-state index in [1.807, 2.05) is 30.3 Å². The Kier molecular flexibility index (Phi) is 11.3. The van der Waals surface area contributed by atoms with E-state index in [9.17, 15) is 9.59 Å². The second-order valence-electron chi connectivity index (χ2n) is 10.7. The van der Waals surface area contributed by atoms with Crippen molar-refractivity contribution in [2.75, 3.05) is 6.54 Å². The van der Waals surface area contributed by atoms with Crippen LogP contribution in [0.2, 0.25) is 10.0 Å². The smallest absolute Gasteiger partial charge is 0.457 e. The van der Waals surface area contributed by atoms with Crippen molar-refractivity contribution in [1.29, 1.82) is 0 Å². The summed E-state index contributed by atoms with van der Waals surface area (Å²) in [7, 11) is 0. The van der Waals surface area contributed by atoms with Gasteiger partial charge in [-0.3, -0.25) is 4.84 Å². The van der Waals surface area contributed by atoms with Crippen molar-refractivity contribution in [2.24, 2.45) is 0 Å². The predicted octanol–water partition coefficient (Wildman–Crippen LogP) is 9.46. The van der Waals surface area contributed by atoms with Crippen molar-refractivity contribution in [1.82, 2.24) is 5.06 Å². The fourth-order valence-corrected chi connectivity index (χ4v) is 3.73. The number of allylic oxidation sites excluding steroid dienone is 1. The van der Waals surface area contributed by atoms with Crippen LogP contribution in [0.4, 0.5) is 9.59 Å². The summed E-state index contributed by atoms with van der Waals surface area (Å²) >= 11 is 12.2. The zero-order valence-corrected chi connectivity index (χ0v) is 24.6. The maximum atomic E-state index is 12.8. The van der Waals surface area contributed by atoms with E-state index in [0.717, 1.165) is 35.5 Å². The van der Waals surface area contributed by atoms with Crippen LogP contribution in [0.25, 0.3) is 5.57 Å². The minimum atomic E-state index is -0.998. The van der Waals surface area contributed by atoms with Gasteiger partial charge in [-0.25, -0.2) is 9.59 Å². The average molecular weight is 567 g/mol. The number of nitrogens with zero attached hydrogens (tertiary/aromatic N) is 1. The molecule has 0 heterocycles. The molecule has 0 atom stereocenters. The first kappa shape index (κ1) is 31.3. The second-order valence-corrected chi connectivity index (χ2v) is 11.5. The molecule has 0 aliphatic heterocycles. The van der Waals surface area contributed by atoms with Crippen LogP contribution in [0.5, 0.6) is 11.5 Å². The van der Waals surface area contributed by atoms with Crippen LogP contribution in [0.15, 0.2) is 48.5 Å². The molecule has 1 amide bonds. The van der Waals surface area contributed by atoms with Gasteiger partial charge in [-0.1, -0.05) is 54.8 Å². The van der Waals surface area contributed by atoms with E-state index >= 15 is 0 Å². The molecule has 0 aliphatic carbocycles. The summed E-state index contributed by atoms with van der Waals surface area (Å²) in [4.78, 5) is 30.4. The van der Waals surface area contributed by atoms with Crippen LogP contribution in [0.1, 0.15) is 73.3 Å². The highest BCUT2D eigenvalue weighted by Gasteiger charge is 2.27. The van der Waals surface area contributed by atoms with E-state index in [4.69, 9.17) is 42.3 Å². The van der Waals surface area contributed by atoms with E-state index in [1.165, 1.54) is 0 Å². The van der Waals surface area contributed by atoms with Crippen LogP contribution in [0, 0.1) is 0 Å². The van der Waals surface area contributed by atoms with Crippen LogP contribution < -0.4 is 4.74 Å². The Hall–Kier alpha value is -2.90. The summed E-state index contributed by atoms with van der Waals surface area (Å²) in [5, 5.41) is 1.80. The van der Waals surface area contributed by atoms with Gasteiger partial charge in [0.2, 0.25) is 0 Å². The maximum absolute atomic E-state index is 12.8. The van der Waals surface area contributed by atoms with Crippen molar-refractivity contribution >= 4 is 41.0 Å². The molecule has 0 unspecified atom stereocenters. The van der Waals surface area contributed by atoms with Crippen LogP contribution >= 0.6 is 23.2 Å². The van der Waals surface area contributed by atoms with E-state index in [2.05, 4.69) is 6.92 Å². The van der Waals surface area contributed by atoms with Crippen LogP contribution in [-0.2, 0) is 14.3 Å². The lowest BCUT2D eigenvalue weighted by Crippen LogP contribution is -2.40. The van der Waals surface area contributed by atoms with Crippen LogP contribution in [-0.4, -0.2) is 35.1 Å². The molecular formula is C29H37Cl2NO6. The fraction of sp³-hybridized carbons (Fsp3) is 0.448. The van der Waals surface area contributed by atoms with E-state index < -0.39 is 23.5 Å². The number of benzene rings is 2. The molecule has 0 aromatic heterocycles. The number of unbranched alkanes of at least 4 members (excludes halogenated alkanes) is 1. The third kappa shape index (κ3) is 11.7. The van der Waals surface area contributed by atoms with Gasteiger partial charge in [0.05, 0.1) is 6.54 Å². The molecule has 0 aliphatic rings. The number of hydroxylamine groups is 2. The Labute approximate surface area is 235 Å². The predicted molar refractivity (Wildman–Crippen MR) is 151 cm³/mol. The molecule has 0 N–H and O–H groups in total. The van der Waals surface area contributed by atoms with Gasteiger partial charge < -0.3 is 14.2 Å². The van der Waals surface area contributed by atoms with Crippen molar-refractivity contribution in [3.63, 3.8) is 0 Å². The molecule has 2 aromatic rings. The van der Waals surface area contributed by atoms with E-state index in [1.54, 1.807) is 59.7 Å². The number of hydrogen-bond donors (Lipinski definition) is 0. The quantitative estimate of drug-likeness (QED) is 0.234. The highest BCUT2D eigenvalue weighted by molar-refractivity contribution is 6.34. The normalized spacial score (nSPS) is 12.1. The number of rotatable bonds is 8. The van der Waals surface area contributed by atoms with Gasteiger partial charge in [0.25, 0.3) is 0 Å². The first-order chi connectivity index (χ1) is 17.6. The van der Waals surface area contributed by atoms with Gasteiger partial charge in [0.15, 0.2) is 0 Å². The van der Waals surface area contributed by atoms with Gasteiger partial charge >= 0.3 is 12.2 Å². The summed E-state index contributed by atoms with van der Waals surface area (Å²) < 4.78 is 16.7. The monoisotopic (exact) mass is 565 g/mol. The van der Waals surface area contributed by atoms with E-state index in [0.29, 0.717) is 21.5 Å². The molecule has 0 radical (unpaired) electrons. The molecule has 0 spiro atoms. The van der Waals surface area contributed by atoms with E-state index in [-0.39, 0.29) is 6.54 Å². The number of halogens is 2. The highest BCUT2D eigenvalue weighted by Crippen LogP contribution is 2.31. The number of ether oxygens (including phenoxy) is 3. The molecule has 208 valence electrons. The Morgan fingerprint density at radius 3 is 2.11 bits per heavy atom. The summed E-state index contributed by atoms with van der Waals surface area (Å²) in [6.45, 7) is 12.4. The highest BCUT2D eigenvalue weighted by atomic mass is 35.5. The lowest BCUT2D eigenvalue weighted by Gasteiger charge is -2.26. The van der Waals surface area contributed by atoms with Gasteiger partial charge in [-0.15, -0.1) is 5.06 Å². The zero-order valence-electron chi connectivity index (χ0n) is 23.1. The minimum absolute atomic E-state index is 0.0395. The van der Waals surface area contributed by atoms with Crippen molar-refractivity contribution < 1.29 is 28.6 Å². The number of carbonyl (C=O) groups excluding carboxylic acids is 2. The third-order valence-corrected chi connectivity index (χ3v) is 5.19. The van der Waals surface area contributed by atoms with Crippen molar-refractivity contribution in [2.45, 2.75) is 78.9 Å². The standard InChI is InChI=1S/C29H37Cl2NO6/c1-8-9-11-20(21-12-10-13-24(16-21)35-25-18-22(30)17-23(31)19-25)14-15-32(26(33)36-28(2,3)4)38-27(34)37-29(5,6)7/h10,12-14,16-19H,8-9,11,15H2,1-7H3/b20-14+. The topological polar surface area (TPSA) is 74.3 Å². The van der Waals surface area contributed by atoms with Gasteiger partial charge in [-0.05, 0) is 95.9 Å². The first-order valence-electron chi connectivity index (χ1n) is 12.5. The molecule has 38 heavy (non-hydrogen) atoms. The van der Waals surface area contributed by atoms with Crippen molar-refractivity contribution in [3.8, 4) is 11.5 Å². The Morgan fingerprint density at radius 2 is 1.53 bits per heavy atom. The average Bonchev–Trinajstić information content (AvgIpc) is 2.75. The SMILES string of the molecule is CCCC/C(=C\CN(OC(=O)OC(C)(C)C)C(=O)OC(C)(C)C)c1cccc(Oc2cc(Cl)cc(Cl)c2)c1. The van der Waals surface area contributed by atoms with Gasteiger partial charge in [-0.2, -0.15) is 0 Å². The lowest BCUT2D eigenvalue weighted by atomic mass is 9.99. The molecule has 2 rings (SSSR count). The Bertz CT molecular complexity index is 1110. The molecular weight excluding hydrogens is 529 g/mol. The number of carbonyl (C=O) groups is 2. The largest absolute Gasteiger partial charge is 0.534 e. The molecule has 0 fully saturated rings. The maximum Gasteiger partial charge on any atom is 0.534 e. The lowest BCUT2D eigenvalue weighted by molar-refractivity contribution is -0.130.